The van der Waals surface area contributed by atoms with E-state index in [1.54, 1.807) is 6.92 Å². The van der Waals surface area contributed by atoms with Gasteiger partial charge in [-0.15, -0.1) is 0 Å². The molecule has 1 aromatic carbocycles. The van der Waals surface area contributed by atoms with Crippen molar-refractivity contribution in [2.75, 3.05) is 0 Å². The van der Waals surface area contributed by atoms with Crippen molar-refractivity contribution in [1.29, 1.82) is 0 Å². The number of carbonyl (C=O) groups excluding carboxylic acids is 1. The zero-order valence-corrected chi connectivity index (χ0v) is 12.9. The number of benzene rings is 1. The van der Waals surface area contributed by atoms with Crippen LogP contribution >= 0.6 is 11.6 Å². The molecule has 1 fully saturated rings. The molecule has 1 aliphatic carbocycles. The summed E-state index contributed by atoms with van der Waals surface area (Å²) in [6.07, 6.45) is 2.22. The van der Waals surface area contributed by atoms with E-state index in [1.807, 2.05) is 6.92 Å². The molecule has 0 bridgehead atoms. The molecule has 0 radical (unpaired) electrons. The first-order valence-electron chi connectivity index (χ1n) is 6.34. The lowest BCUT2D eigenvalue weighted by Crippen LogP contribution is -2.34. The van der Waals surface area contributed by atoms with Crippen molar-refractivity contribution in [2.24, 2.45) is 11.1 Å². The number of amides is 1. The van der Waals surface area contributed by atoms with Crippen molar-refractivity contribution in [3.8, 4) is 0 Å². The van der Waals surface area contributed by atoms with Gasteiger partial charge in [-0.3, -0.25) is 4.79 Å². The van der Waals surface area contributed by atoms with Crippen molar-refractivity contribution in [3.05, 3.63) is 28.3 Å². The Kier molecular flexibility index (Phi) is 4.09. The van der Waals surface area contributed by atoms with Gasteiger partial charge >= 0.3 is 0 Å². The normalized spacial score (nSPS) is 16.8. The highest BCUT2D eigenvalue weighted by molar-refractivity contribution is 7.89. The fourth-order valence-corrected chi connectivity index (χ4v) is 3.19. The Morgan fingerprint density at radius 3 is 2.55 bits per heavy atom. The van der Waals surface area contributed by atoms with E-state index in [4.69, 9.17) is 16.7 Å². The number of hydrogen-bond donors (Lipinski definition) is 2. The van der Waals surface area contributed by atoms with E-state index in [2.05, 4.69) is 5.32 Å². The summed E-state index contributed by atoms with van der Waals surface area (Å²) in [7, 11) is -3.91. The predicted molar refractivity (Wildman–Crippen MR) is 77.2 cm³/mol. The van der Waals surface area contributed by atoms with Crippen molar-refractivity contribution in [1.82, 2.24) is 5.32 Å². The van der Waals surface area contributed by atoms with E-state index in [0.717, 1.165) is 12.8 Å². The number of rotatable bonds is 4. The Hall–Kier alpha value is -1.11. The first-order chi connectivity index (χ1) is 9.20. The Labute approximate surface area is 123 Å². The van der Waals surface area contributed by atoms with Crippen LogP contribution < -0.4 is 10.5 Å². The molecule has 0 aromatic heterocycles. The molecule has 1 atom stereocenters. The van der Waals surface area contributed by atoms with Gasteiger partial charge in [-0.05, 0) is 50.3 Å². The zero-order valence-electron chi connectivity index (χ0n) is 11.3. The summed E-state index contributed by atoms with van der Waals surface area (Å²) in [4.78, 5) is 12.0. The average Bonchev–Trinajstić information content (AvgIpc) is 3.14. The Morgan fingerprint density at radius 2 is 2.05 bits per heavy atom. The molecule has 2 rings (SSSR count). The number of carbonyl (C=O) groups is 1. The molecule has 0 aliphatic heterocycles. The van der Waals surface area contributed by atoms with Crippen molar-refractivity contribution < 1.29 is 13.2 Å². The van der Waals surface area contributed by atoms with Gasteiger partial charge in [-0.1, -0.05) is 11.6 Å². The van der Waals surface area contributed by atoms with Crippen LogP contribution in [0.2, 0.25) is 5.02 Å². The largest absolute Gasteiger partial charge is 0.349 e. The first-order valence-corrected chi connectivity index (χ1v) is 8.26. The fraction of sp³-hybridized carbons (Fsp3) is 0.462. The maximum atomic E-state index is 12.1. The highest BCUT2D eigenvalue weighted by atomic mass is 35.5. The van der Waals surface area contributed by atoms with Gasteiger partial charge in [0.1, 0.15) is 0 Å². The highest BCUT2D eigenvalue weighted by Crippen LogP contribution is 2.32. The molecule has 1 aromatic rings. The number of primary sulfonamides is 1. The van der Waals surface area contributed by atoms with Crippen LogP contribution in [0.3, 0.4) is 0 Å². The lowest BCUT2D eigenvalue weighted by atomic mass is 10.1. The van der Waals surface area contributed by atoms with Gasteiger partial charge in [-0.2, -0.15) is 0 Å². The van der Waals surface area contributed by atoms with Gasteiger partial charge in [0.15, 0.2) is 0 Å². The molecule has 110 valence electrons. The highest BCUT2D eigenvalue weighted by Gasteiger charge is 2.29. The Morgan fingerprint density at radius 1 is 1.45 bits per heavy atom. The summed E-state index contributed by atoms with van der Waals surface area (Å²) in [5.41, 5.74) is 0.554. The number of halogens is 1. The van der Waals surface area contributed by atoms with E-state index in [1.165, 1.54) is 12.1 Å². The minimum absolute atomic E-state index is 0.0699. The number of sulfonamides is 1. The Balaban J connectivity index is 2.32. The SMILES string of the molecule is Cc1c(Cl)cc(C(=O)NC(C)C2CC2)cc1S(N)(=O)=O. The van der Waals surface area contributed by atoms with E-state index in [-0.39, 0.29) is 27.4 Å². The van der Waals surface area contributed by atoms with Gasteiger partial charge in [0.25, 0.3) is 5.91 Å². The number of nitrogens with two attached hydrogens (primary N) is 1. The zero-order chi connectivity index (χ0) is 15.1. The molecular formula is C13H17ClN2O3S. The second-order valence-electron chi connectivity index (χ2n) is 5.23. The molecule has 5 nitrogen and oxygen atoms in total. The van der Waals surface area contributed by atoms with E-state index in [0.29, 0.717) is 11.5 Å². The molecule has 3 N–H and O–H groups in total. The third kappa shape index (κ3) is 3.31. The summed E-state index contributed by atoms with van der Waals surface area (Å²) in [5.74, 6) is 0.175. The second-order valence-corrected chi connectivity index (χ2v) is 7.16. The number of hydrogen-bond acceptors (Lipinski definition) is 3. The van der Waals surface area contributed by atoms with Crippen molar-refractivity contribution >= 4 is 27.5 Å². The smallest absolute Gasteiger partial charge is 0.251 e. The average molecular weight is 317 g/mol. The van der Waals surface area contributed by atoms with Crippen LogP contribution in [-0.4, -0.2) is 20.4 Å². The second kappa shape index (κ2) is 5.35. The van der Waals surface area contributed by atoms with Gasteiger partial charge in [0.2, 0.25) is 10.0 Å². The van der Waals surface area contributed by atoms with Crippen LogP contribution in [0.5, 0.6) is 0 Å². The molecule has 1 aliphatic rings. The van der Waals surface area contributed by atoms with Crippen LogP contribution in [-0.2, 0) is 10.0 Å². The van der Waals surface area contributed by atoms with Crippen molar-refractivity contribution in [2.45, 2.75) is 37.6 Å². The molecule has 0 heterocycles. The van der Waals surface area contributed by atoms with Crippen LogP contribution in [0, 0.1) is 12.8 Å². The Bertz CT molecular complexity index is 654. The lowest BCUT2D eigenvalue weighted by molar-refractivity contribution is 0.0935. The van der Waals surface area contributed by atoms with Crippen LogP contribution in [0.1, 0.15) is 35.7 Å². The molecule has 1 saturated carbocycles. The third-order valence-electron chi connectivity index (χ3n) is 3.55. The third-order valence-corrected chi connectivity index (χ3v) is 4.98. The molecule has 1 amide bonds. The summed E-state index contributed by atoms with van der Waals surface area (Å²) in [6.45, 7) is 3.49. The van der Waals surface area contributed by atoms with Gasteiger partial charge in [0.05, 0.1) is 4.90 Å². The fourth-order valence-electron chi connectivity index (χ4n) is 2.08. The van der Waals surface area contributed by atoms with Crippen molar-refractivity contribution in [3.63, 3.8) is 0 Å². The maximum Gasteiger partial charge on any atom is 0.251 e. The summed E-state index contributed by atoms with van der Waals surface area (Å²) < 4.78 is 23.0. The van der Waals surface area contributed by atoms with Gasteiger partial charge in [-0.25, -0.2) is 13.6 Å². The molecule has 7 heteroatoms. The monoisotopic (exact) mass is 316 g/mol. The van der Waals surface area contributed by atoms with Crippen LogP contribution in [0.15, 0.2) is 17.0 Å². The summed E-state index contributed by atoms with van der Waals surface area (Å²) in [5, 5.41) is 8.20. The molecule has 0 spiro atoms. The molecular weight excluding hydrogens is 300 g/mol. The van der Waals surface area contributed by atoms with E-state index < -0.39 is 10.0 Å². The summed E-state index contributed by atoms with van der Waals surface area (Å²) >= 11 is 5.98. The number of nitrogens with one attached hydrogen (secondary N) is 1. The molecule has 1 unspecified atom stereocenters. The topological polar surface area (TPSA) is 89.3 Å². The quantitative estimate of drug-likeness (QED) is 0.888. The minimum Gasteiger partial charge on any atom is -0.349 e. The maximum absolute atomic E-state index is 12.1. The molecule has 20 heavy (non-hydrogen) atoms. The lowest BCUT2D eigenvalue weighted by Gasteiger charge is -2.14. The van der Waals surface area contributed by atoms with Gasteiger partial charge in [0, 0.05) is 16.6 Å². The van der Waals surface area contributed by atoms with Crippen LogP contribution in [0.25, 0.3) is 0 Å². The standard InChI is InChI=1S/C13H17ClN2O3S/c1-7-11(14)5-10(6-12(7)20(15,18)19)13(17)16-8(2)9-3-4-9/h5-6,8-9H,3-4H2,1-2H3,(H,16,17)(H2,15,18,19). The van der Waals surface area contributed by atoms with E-state index in [9.17, 15) is 13.2 Å². The molecule has 0 saturated heterocycles. The van der Waals surface area contributed by atoms with Crippen LogP contribution in [0.4, 0.5) is 0 Å². The summed E-state index contributed by atoms with van der Waals surface area (Å²) in [6, 6.07) is 2.80. The van der Waals surface area contributed by atoms with E-state index >= 15 is 0 Å². The first kappa shape index (κ1) is 15.3. The van der Waals surface area contributed by atoms with Gasteiger partial charge < -0.3 is 5.32 Å². The minimum atomic E-state index is -3.91. The predicted octanol–water partition coefficient (Wildman–Crippen LogP) is 1.82.